The van der Waals surface area contributed by atoms with E-state index in [1.807, 2.05) is 31.2 Å². The number of hydrogen-bond donors (Lipinski definition) is 1. The van der Waals surface area contributed by atoms with Crippen LogP contribution in [0.25, 0.3) is 0 Å². The minimum atomic E-state index is -0.962. The molecule has 1 aromatic carbocycles. The summed E-state index contributed by atoms with van der Waals surface area (Å²) in [6.45, 7) is 4.07. The van der Waals surface area contributed by atoms with Crippen LogP contribution in [0, 0.1) is 6.92 Å². The Morgan fingerprint density at radius 1 is 1.38 bits per heavy atom. The zero-order valence-electron chi connectivity index (χ0n) is 9.47. The molecule has 1 N–H and O–H groups in total. The standard InChI is InChI=1S/C12H16O4/c1-9-5-3-4-6-11(9)16-8-7-15-10(2)12(13)14/h3-6,10H,7-8H2,1-2H3,(H,13,14). The van der Waals surface area contributed by atoms with Crippen molar-refractivity contribution in [1.82, 2.24) is 0 Å². The molecular formula is C12H16O4. The molecule has 1 unspecified atom stereocenters. The van der Waals surface area contributed by atoms with Gasteiger partial charge in [-0.15, -0.1) is 0 Å². The second-order valence-electron chi connectivity index (χ2n) is 3.47. The fourth-order valence-corrected chi connectivity index (χ4v) is 1.17. The molecular weight excluding hydrogens is 208 g/mol. The Morgan fingerprint density at radius 3 is 2.69 bits per heavy atom. The van der Waals surface area contributed by atoms with E-state index < -0.39 is 12.1 Å². The summed E-state index contributed by atoms with van der Waals surface area (Å²) in [5.41, 5.74) is 1.05. The third-order valence-electron chi connectivity index (χ3n) is 2.15. The highest BCUT2D eigenvalue weighted by atomic mass is 16.5. The fourth-order valence-electron chi connectivity index (χ4n) is 1.17. The van der Waals surface area contributed by atoms with Crippen molar-refractivity contribution in [3.8, 4) is 5.75 Å². The predicted molar refractivity (Wildman–Crippen MR) is 59.7 cm³/mol. The third-order valence-corrected chi connectivity index (χ3v) is 2.15. The molecule has 1 aromatic rings. The average Bonchev–Trinajstić information content (AvgIpc) is 2.26. The summed E-state index contributed by atoms with van der Waals surface area (Å²) in [5.74, 6) is -0.162. The van der Waals surface area contributed by atoms with Gasteiger partial charge in [0.05, 0.1) is 6.61 Å². The second kappa shape index (κ2) is 6.12. The van der Waals surface area contributed by atoms with Crippen LogP contribution >= 0.6 is 0 Å². The Balaban J connectivity index is 2.26. The molecule has 1 atom stereocenters. The Morgan fingerprint density at radius 2 is 2.06 bits per heavy atom. The molecule has 0 bridgehead atoms. The van der Waals surface area contributed by atoms with Crippen molar-refractivity contribution in [2.45, 2.75) is 20.0 Å². The lowest BCUT2D eigenvalue weighted by Crippen LogP contribution is -2.22. The largest absolute Gasteiger partial charge is 0.491 e. The molecule has 0 spiro atoms. The quantitative estimate of drug-likeness (QED) is 0.749. The van der Waals surface area contributed by atoms with E-state index in [4.69, 9.17) is 14.6 Å². The van der Waals surface area contributed by atoms with Crippen molar-refractivity contribution in [1.29, 1.82) is 0 Å². The summed E-state index contributed by atoms with van der Waals surface area (Å²) in [7, 11) is 0. The first kappa shape index (κ1) is 12.5. The summed E-state index contributed by atoms with van der Waals surface area (Å²) in [6, 6.07) is 7.65. The molecule has 0 radical (unpaired) electrons. The zero-order chi connectivity index (χ0) is 12.0. The molecule has 0 aliphatic heterocycles. The van der Waals surface area contributed by atoms with Gasteiger partial charge >= 0.3 is 5.97 Å². The van der Waals surface area contributed by atoms with Gasteiger partial charge in [-0.2, -0.15) is 0 Å². The molecule has 16 heavy (non-hydrogen) atoms. The summed E-state index contributed by atoms with van der Waals surface area (Å²) < 4.78 is 10.5. The van der Waals surface area contributed by atoms with E-state index in [-0.39, 0.29) is 6.61 Å². The van der Waals surface area contributed by atoms with Crippen molar-refractivity contribution >= 4 is 5.97 Å². The number of benzene rings is 1. The lowest BCUT2D eigenvalue weighted by Gasteiger charge is -2.11. The number of carbonyl (C=O) groups is 1. The number of aliphatic carboxylic acids is 1. The van der Waals surface area contributed by atoms with Crippen molar-refractivity contribution in [3.05, 3.63) is 29.8 Å². The van der Waals surface area contributed by atoms with E-state index in [1.54, 1.807) is 0 Å². The van der Waals surface area contributed by atoms with Gasteiger partial charge in [0.25, 0.3) is 0 Å². The van der Waals surface area contributed by atoms with Gasteiger partial charge in [-0.25, -0.2) is 4.79 Å². The van der Waals surface area contributed by atoms with Gasteiger partial charge in [0, 0.05) is 0 Å². The highest BCUT2D eigenvalue weighted by Gasteiger charge is 2.10. The van der Waals surface area contributed by atoms with Crippen LogP contribution in [0.1, 0.15) is 12.5 Å². The molecule has 4 heteroatoms. The maximum Gasteiger partial charge on any atom is 0.332 e. The van der Waals surface area contributed by atoms with Crippen LogP contribution in [0.15, 0.2) is 24.3 Å². The fraction of sp³-hybridized carbons (Fsp3) is 0.417. The van der Waals surface area contributed by atoms with E-state index >= 15 is 0 Å². The predicted octanol–water partition coefficient (Wildman–Crippen LogP) is 1.86. The minimum Gasteiger partial charge on any atom is -0.491 e. The highest BCUT2D eigenvalue weighted by molar-refractivity contribution is 5.71. The number of hydrogen-bond acceptors (Lipinski definition) is 3. The van der Waals surface area contributed by atoms with E-state index in [1.165, 1.54) is 6.92 Å². The zero-order valence-corrected chi connectivity index (χ0v) is 9.47. The smallest absolute Gasteiger partial charge is 0.332 e. The Bertz CT molecular complexity index is 349. The van der Waals surface area contributed by atoms with Gasteiger partial charge < -0.3 is 14.6 Å². The molecule has 0 aliphatic carbocycles. The van der Waals surface area contributed by atoms with Gasteiger partial charge in [0.2, 0.25) is 0 Å². The molecule has 0 aromatic heterocycles. The molecule has 0 heterocycles. The molecule has 0 saturated carbocycles. The first-order chi connectivity index (χ1) is 7.61. The first-order valence-electron chi connectivity index (χ1n) is 5.14. The van der Waals surface area contributed by atoms with Crippen LogP contribution in [-0.2, 0) is 9.53 Å². The molecule has 0 fully saturated rings. The minimum absolute atomic E-state index is 0.266. The van der Waals surface area contributed by atoms with E-state index in [0.29, 0.717) is 6.61 Å². The topological polar surface area (TPSA) is 55.8 Å². The summed E-state index contributed by atoms with van der Waals surface area (Å²) in [6.07, 6.45) is -0.791. The van der Waals surface area contributed by atoms with Crippen LogP contribution in [0.3, 0.4) is 0 Å². The summed E-state index contributed by atoms with van der Waals surface area (Å²) >= 11 is 0. The van der Waals surface area contributed by atoms with E-state index in [9.17, 15) is 4.79 Å². The van der Waals surface area contributed by atoms with E-state index in [0.717, 1.165) is 11.3 Å². The number of carboxylic acid groups (broad SMARTS) is 1. The number of carboxylic acids is 1. The third kappa shape index (κ3) is 3.90. The molecule has 4 nitrogen and oxygen atoms in total. The van der Waals surface area contributed by atoms with Crippen LogP contribution in [0.4, 0.5) is 0 Å². The molecule has 0 aliphatic rings. The van der Waals surface area contributed by atoms with Gasteiger partial charge in [-0.3, -0.25) is 0 Å². The summed E-state index contributed by atoms with van der Waals surface area (Å²) in [5, 5.41) is 8.58. The Kier molecular flexibility index (Phi) is 4.79. The van der Waals surface area contributed by atoms with Crippen molar-refractivity contribution in [2.75, 3.05) is 13.2 Å². The molecule has 1 rings (SSSR count). The van der Waals surface area contributed by atoms with Gasteiger partial charge in [-0.05, 0) is 25.5 Å². The molecule has 0 amide bonds. The number of aryl methyl sites for hydroxylation is 1. The lowest BCUT2D eigenvalue weighted by atomic mass is 10.2. The van der Waals surface area contributed by atoms with Crippen molar-refractivity contribution < 1.29 is 19.4 Å². The SMILES string of the molecule is Cc1ccccc1OCCOC(C)C(=O)O. The maximum absolute atomic E-state index is 10.5. The van der Waals surface area contributed by atoms with Gasteiger partial charge in [0.15, 0.2) is 6.10 Å². The van der Waals surface area contributed by atoms with Crippen LogP contribution in [0.2, 0.25) is 0 Å². The van der Waals surface area contributed by atoms with E-state index in [2.05, 4.69) is 0 Å². The highest BCUT2D eigenvalue weighted by Crippen LogP contribution is 2.15. The maximum atomic E-state index is 10.5. The normalized spacial score (nSPS) is 12.1. The lowest BCUT2D eigenvalue weighted by molar-refractivity contribution is -0.149. The van der Waals surface area contributed by atoms with Crippen LogP contribution in [0.5, 0.6) is 5.75 Å². The first-order valence-corrected chi connectivity index (χ1v) is 5.14. The molecule has 0 saturated heterocycles. The van der Waals surface area contributed by atoms with Crippen molar-refractivity contribution in [2.24, 2.45) is 0 Å². The summed E-state index contributed by atoms with van der Waals surface area (Å²) in [4.78, 5) is 10.5. The van der Waals surface area contributed by atoms with Crippen molar-refractivity contribution in [3.63, 3.8) is 0 Å². The Hall–Kier alpha value is -1.55. The molecule has 88 valence electrons. The number of para-hydroxylation sites is 1. The number of rotatable bonds is 6. The van der Waals surface area contributed by atoms with Crippen LogP contribution < -0.4 is 4.74 Å². The monoisotopic (exact) mass is 224 g/mol. The number of ether oxygens (including phenoxy) is 2. The van der Waals surface area contributed by atoms with Gasteiger partial charge in [0.1, 0.15) is 12.4 Å². The van der Waals surface area contributed by atoms with Crippen LogP contribution in [-0.4, -0.2) is 30.4 Å². The Labute approximate surface area is 94.8 Å². The van der Waals surface area contributed by atoms with Gasteiger partial charge in [-0.1, -0.05) is 18.2 Å². The second-order valence-corrected chi connectivity index (χ2v) is 3.47. The average molecular weight is 224 g/mol.